The van der Waals surface area contributed by atoms with E-state index in [4.69, 9.17) is 5.73 Å². The van der Waals surface area contributed by atoms with Crippen LogP contribution in [0.15, 0.2) is 18.2 Å². The van der Waals surface area contributed by atoms with Crippen LogP contribution in [0.3, 0.4) is 0 Å². The standard InChI is InChI=1S/C14H21FN2/c1-10-7-11(3-6-13(10)15)9-17(2)14(8-16)12-4-5-12/h3,6-7,12,14H,4-5,8-9,16H2,1-2H3. The quantitative estimate of drug-likeness (QED) is 0.850. The molecule has 3 heteroatoms. The molecule has 1 fully saturated rings. The van der Waals surface area contributed by atoms with E-state index in [-0.39, 0.29) is 5.82 Å². The van der Waals surface area contributed by atoms with Gasteiger partial charge in [0.05, 0.1) is 0 Å². The maximum atomic E-state index is 13.2. The van der Waals surface area contributed by atoms with E-state index in [1.807, 2.05) is 12.1 Å². The lowest BCUT2D eigenvalue weighted by Gasteiger charge is -2.27. The zero-order valence-electron chi connectivity index (χ0n) is 10.6. The van der Waals surface area contributed by atoms with E-state index < -0.39 is 0 Å². The minimum atomic E-state index is -0.131. The molecule has 1 aliphatic carbocycles. The highest BCUT2D eigenvalue weighted by molar-refractivity contribution is 5.23. The fourth-order valence-corrected chi connectivity index (χ4v) is 2.42. The highest BCUT2D eigenvalue weighted by Crippen LogP contribution is 2.34. The molecule has 0 bridgehead atoms. The van der Waals surface area contributed by atoms with Gasteiger partial charge >= 0.3 is 0 Å². The van der Waals surface area contributed by atoms with Gasteiger partial charge in [0.1, 0.15) is 5.82 Å². The molecule has 1 aliphatic rings. The summed E-state index contributed by atoms with van der Waals surface area (Å²) in [7, 11) is 2.11. The van der Waals surface area contributed by atoms with Crippen LogP contribution >= 0.6 is 0 Å². The smallest absolute Gasteiger partial charge is 0.126 e. The number of rotatable bonds is 5. The van der Waals surface area contributed by atoms with Crippen molar-refractivity contribution in [3.63, 3.8) is 0 Å². The number of likely N-dealkylation sites (N-methyl/N-ethyl adjacent to an activating group) is 1. The molecule has 0 heterocycles. The zero-order chi connectivity index (χ0) is 12.4. The first-order valence-electron chi connectivity index (χ1n) is 6.27. The summed E-state index contributed by atoms with van der Waals surface area (Å²) in [5.74, 6) is 0.639. The fourth-order valence-electron chi connectivity index (χ4n) is 2.42. The molecule has 1 aromatic rings. The fraction of sp³-hybridized carbons (Fsp3) is 0.571. The lowest BCUT2D eigenvalue weighted by Crippen LogP contribution is -2.39. The third-order valence-corrected chi connectivity index (χ3v) is 3.63. The number of hydrogen-bond acceptors (Lipinski definition) is 2. The Bertz CT molecular complexity index is 388. The second-order valence-corrected chi connectivity index (χ2v) is 5.14. The molecule has 2 rings (SSSR count). The Morgan fingerprint density at radius 3 is 2.71 bits per heavy atom. The minimum absolute atomic E-state index is 0.131. The van der Waals surface area contributed by atoms with Gasteiger partial charge in [0.25, 0.3) is 0 Å². The third-order valence-electron chi connectivity index (χ3n) is 3.63. The molecule has 0 radical (unpaired) electrons. The predicted molar refractivity (Wildman–Crippen MR) is 68.2 cm³/mol. The van der Waals surface area contributed by atoms with E-state index in [9.17, 15) is 4.39 Å². The predicted octanol–water partition coefficient (Wildman–Crippen LogP) is 2.30. The summed E-state index contributed by atoms with van der Waals surface area (Å²) < 4.78 is 13.2. The average molecular weight is 236 g/mol. The van der Waals surface area contributed by atoms with Crippen LogP contribution in [0.4, 0.5) is 4.39 Å². The number of hydrogen-bond donors (Lipinski definition) is 1. The van der Waals surface area contributed by atoms with Gasteiger partial charge in [-0.1, -0.05) is 12.1 Å². The SMILES string of the molecule is Cc1cc(CN(C)C(CN)C2CC2)ccc1F. The van der Waals surface area contributed by atoms with Gasteiger partial charge in [0, 0.05) is 19.1 Å². The maximum Gasteiger partial charge on any atom is 0.126 e. The van der Waals surface area contributed by atoms with Crippen molar-refractivity contribution in [2.24, 2.45) is 11.7 Å². The van der Waals surface area contributed by atoms with Gasteiger partial charge < -0.3 is 5.73 Å². The first-order chi connectivity index (χ1) is 8.11. The average Bonchev–Trinajstić information content (AvgIpc) is 3.09. The van der Waals surface area contributed by atoms with Crippen LogP contribution in [0, 0.1) is 18.7 Å². The molecule has 1 aromatic carbocycles. The molecule has 2 nitrogen and oxygen atoms in total. The van der Waals surface area contributed by atoms with E-state index in [0.717, 1.165) is 18.0 Å². The highest BCUT2D eigenvalue weighted by Gasteiger charge is 2.32. The first kappa shape index (κ1) is 12.5. The number of benzene rings is 1. The van der Waals surface area contributed by atoms with Crippen molar-refractivity contribution in [1.29, 1.82) is 0 Å². The van der Waals surface area contributed by atoms with Crippen LogP contribution < -0.4 is 5.73 Å². The third kappa shape index (κ3) is 3.05. The van der Waals surface area contributed by atoms with Crippen molar-refractivity contribution in [3.05, 3.63) is 35.1 Å². The number of aryl methyl sites for hydroxylation is 1. The lowest BCUT2D eigenvalue weighted by atomic mass is 10.1. The molecule has 0 amide bonds. The summed E-state index contributed by atoms with van der Waals surface area (Å²) in [5, 5.41) is 0. The highest BCUT2D eigenvalue weighted by atomic mass is 19.1. The Kier molecular flexibility index (Phi) is 3.79. The molecular formula is C14H21FN2. The van der Waals surface area contributed by atoms with Gasteiger partial charge in [0.2, 0.25) is 0 Å². The Balaban J connectivity index is 2.01. The summed E-state index contributed by atoms with van der Waals surface area (Å²) in [6, 6.07) is 5.80. The van der Waals surface area contributed by atoms with Crippen molar-refractivity contribution >= 4 is 0 Å². The molecular weight excluding hydrogens is 215 g/mol. The minimum Gasteiger partial charge on any atom is -0.329 e. The van der Waals surface area contributed by atoms with E-state index >= 15 is 0 Å². The largest absolute Gasteiger partial charge is 0.329 e. The number of nitrogens with two attached hydrogens (primary N) is 1. The van der Waals surface area contributed by atoms with E-state index in [1.165, 1.54) is 12.8 Å². The van der Waals surface area contributed by atoms with Gasteiger partial charge in [0.15, 0.2) is 0 Å². The summed E-state index contributed by atoms with van der Waals surface area (Å²) in [6.07, 6.45) is 2.60. The van der Waals surface area contributed by atoms with Crippen LogP contribution in [0.5, 0.6) is 0 Å². The second kappa shape index (κ2) is 5.15. The Morgan fingerprint density at radius 1 is 1.47 bits per heavy atom. The molecule has 1 unspecified atom stereocenters. The molecule has 1 atom stereocenters. The van der Waals surface area contributed by atoms with Crippen LogP contribution in [0.1, 0.15) is 24.0 Å². The van der Waals surface area contributed by atoms with Crippen LogP contribution in [-0.4, -0.2) is 24.5 Å². The van der Waals surface area contributed by atoms with Gasteiger partial charge in [-0.25, -0.2) is 4.39 Å². The molecule has 2 N–H and O–H groups in total. The van der Waals surface area contributed by atoms with Crippen molar-refractivity contribution in [2.45, 2.75) is 32.4 Å². The van der Waals surface area contributed by atoms with Gasteiger partial charge in [-0.3, -0.25) is 4.90 Å². The summed E-state index contributed by atoms with van der Waals surface area (Å²) in [6.45, 7) is 3.36. The van der Waals surface area contributed by atoms with Gasteiger partial charge in [-0.05, 0) is 49.9 Å². The Morgan fingerprint density at radius 2 is 2.18 bits per heavy atom. The summed E-state index contributed by atoms with van der Waals surface area (Å²) >= 11 is 0. The van der Waals surface area contributed by atoms with Crippen molar-refractivity contribution in [2.75, 3.05) is 13.6 Å². The topological polar surface area (TPSA) is 29.3 Å². The molecule has 0 spiro atoms. The van der Waals surface area contributed by atoms with Crippen molar-refractivity contribution in [1.82, 2.24) is 4.90 Å². The molecule has 17 heavy (non-hydrogen) atoms. The monoisotopic (exact) mass is 236 g/mol. The molecule has 94 valence electrons. The van der Waals surface area contributed by atoms with E-state index in [0.29, 0.717) is 18.2 Å². The van der Waals surface area contributed by atoms with E-state index in [1.54, 1.807) is 13.0 Å². The summed E-state index contributed by atoms with van der Waals surface area (Å²) in [4.78, 5) is 2.30. The Labute approximate surface area is 103 Å². The lowest BCUT2D eigenvalue weighted by molar-refractivity contribution is 0.215. The van der Waals surface area contributed by atoms with E-state index in [2.05, 4.69) is 11.9 Å². The zero-order valence-corrected chi connectivity index (χ0v) is 10.6. The summed E-state index contributed by atoms with van der Waals surface area (Å²) in [5.41, 5.74) is 7.69. The molecule has 0 aromatic heterocycles. The first-order valence-corrected chi connectivity index (χ1v) is 6.27. The second-order valence-electron chi connectivity index (χ2n) is 5.14. The molecule has 0 aliphatic heterocycles. The Hall–Kier alpha value is -0.930. The molecule has 1 saturated carbocycles. The number of halogens is 1. The maximum absolute atomic E-state index is 13.2. The normalized spacial score (nSPS) is 17.5. The number of nitrogens with zero attached hydrogens (tertiary/aromatic N) is 1. The van der Waals surface area contributed by atoms with Crippen molar-refractivity contribution < 1.29 is 4.39 Å². The van der Waals surface area contributed by atoms with Gasteiger partial charge in [-0.2, -0.15) is 0 Å². The van der Waals surface area contributed by atoms with Crippen LogP contribution in [0.25, 0.3) is 0 Å². The van der Waals surface area contributed by atoms with Crippen LogP contribution in [-0.2, 0) is 6.54 Å². The van der Waals surface area contributed by atoms with Gasteiger partial charge in [-0.15, -0.1) is 0 Å². The molecule has 0 saturated heterocycles. The van der Waals surface area contributed by atoms with Crippen molar-refractivity contribution in [3.8, 4) is 0 Å². The van der Waals surface area contributed by atoms with Crippen LogP contribution in [0.2, 0.25) is 0 Å².